The maximum absolute atomic E-state index is 10.0. The zero-order chi connectivity index (χ0) is 12.7. The average Bonchev–Trinajstić information content (AvgIpc) is 2.68. The number of hydrogen-bond donors (Lipinski definition) is 1. The molecule has 2 heteroatoms. The van der Waals surface area contributed by atoms with Crippen molar-refractivity contribution >= 4 is 11.0 Å². The molecule has 0 saturated carbocycles. The quantitative estimate of drug-likeness (QED) is 0.680. The highest BCUT2D eigenvalue weighted by atomic mass is 16.3. The summed E-state index contributed by atoms with van der Waals surface area (Å²) in [6.07, 6.45) is 0. The summed E-state index contributed by atoms with van der Waals surface area (Å²) in [6.45, 7) is 3.94. The van der Waals surface area contributed by atoms with Crippen molar-refractivity contribution in [1.82, 2.24) is 0 Å². The fraction of sp³-hybridized carbons (Fsp3) is 0.125. The molecule has 3 aromatic rings. The van der Waals surface area contributed by atoms with Gasteiger partial charge in [0.05, 0.1) is 0 Å². The summed E-state index contributed by atoms with van der Waals surface area (Å²) in [5, 5.41) is 11.1. The first kappa shape index (κ1) is 10.9. The van der Waals surface area contributed by atoms with Crippen molar-refractivity contribution in [2.75, 3.05) is 0 Å². The summed E-state index contributed by atoms with van der Waals surface area (Å²) in [5.74, 6) is 1.12. The van der Waals surface area contributed by atoms with Crippen molar-refractivity contribution in [3.8, 4) is 16.9 Å². The molecule has 0 aliphatic rings. The maximum atomic E-state index is 10.0. The number of phenols is 1. The predicted molar refractivity (Wildman–Crippen MR) is 72.8 cm³/mol. The lowest BCUT2D eigenvalue weighted by molar-refractivity contribution is 0.477. The monoisotopic (exact) mass is 238 g/mol. The van der Waals surface area contributed by atoms with Gasteiger partial charge in [-0.25, -0.2) is 0 Å². The number of benzene rings is 2. The van der Waals surface area contributed by atoms with E-state index in [4.69, 9.17) is 4.42 Å². The third kappa shape index (κ3) is 1.58. The first-order valence-corrected chi connectivity index (χ1v) is 5.95. The van der Waals surface area contributed by atoms with Gasteiger partial charge in [-0.1, -0.05) is 29.8 Å². The first-order chi connectivity index (χ1) is 8.66. The normalized spacial score (nSPS) is 11.0. The lowest BCUT2D eigenvalue weighted by Crippen LogP contribution is -1.82. The van der Waals surface area contributed by atoms with Gasteiger partial charge in [0, 0.05) is 16.5 Å². The van der Waals surface area contributed by atoms with E-state index in [1.54, 1.807) is 6.07 Å². The molecule has 0 spiro atoms. The lowest BCUT2D eigenvalue weighted by atomic mass is 9.99. The molecule has 1 heterocycles. The minimum absolute atomic E-state index is 0.287. The zero-order valence-electron chi connectivity index (χ0n) is 10.4. The summed E-state index contributed by atoms with van der Waals surface area (Å²) < 4.78 is 5.74. The summed E-state index contributed by atoms with van der Waals surface area (Å²) >= 11 is 0. The second-order valence-corrected chi connectivity index (χ2v) is 4.55. The Kier molecular flexibility index (Phi) is 2.37. The van der Waals surface area contributed by atoms with Crippen molar-refractivity contribution in [2.24, 2.45) is 0 Å². The molecule has 2 aromatic carbocycles. The Balaban J connectivity index is 2.37. The van der Waals surface area contributed by atoms with Gasteiger partial charge in [0.2, 0.25) is 0 Å². The molecular formula is C16H14O2. The molecule has 0 unspecified atom stereocenters. The SMILES string of the molecule is Cc1ccc(O)c(-c2c(C)oc3ccccc23)c1. The molecule has 0 bridgehead atoms. The van der Waals surface area contributed by atoms with Gasteiger partial charge >= 0.3 is 0 Å². The van der Waals surface area contributed by atoms with E-state index in [-0.39, 0.29) is 5.75 Å². The van der Waals surface area contributed by atoms with Gasteiger partial charge < -0.3 is 9.52 Å². The summed E-state index contributed by atoms with van der Waals surface area (Å²) in [5.41, 5.74) is 3.78. The molecule has 90 valence electrons. The van der Waals surface area contributed by atoms with Crippen LogP contribution in [0.3, 0.4) is 0 Å². The average molecular weight is 238 g/mol. The number of phenolic OH excluding ortho intramolecular Hbond substituents is 1. The van der Waals surface area contributed by atoms with Crippen molar-refractivity contribution in [3.63, 3.8) is 0 Å². The van der Waals surface area contributed by atoms with E-state index in [2.05, 4.69) is 0 Å². The van der Waals surface area contributed by atoms with Crippen LogP contribution in [0.15, 0.2) is 46.9 Å². The van der Waals surface area contributed by atoms with Crippen LogP contribution in [0.2, 0.25) is 0 Å². The number of para-hydroxylation sites is 1. The van der Waals surface area contributed by atoms with E-state index in [0.717, 1.165) is 33.4 Å². The van der Waals surface area contributed by atoms with E-state index in [1.165, 1.54) is 0 Å². The number of aromatic hydroxyl groups is 1. The van der Waals surface area contributed by atoms with Gasteiger partial charge in [-0.3, -0.25) is 0 Å². The maximum Gasteiger partial charge on any atom is 0.134 e. The third-order valence-corrected chi connectivity index (χ3v) is 3.19. The summed E-state index contributed by atoms with van der Waals surface area (Å²) in [6, 6.07) is 13.5. The van der Waals surface area contributed by atoms with Crippen molar-refractivity contribution < 1.29 is 9.52 Å². The number of furan rings is 1. The van der Waals surface area contributed by atoms with Crippen molar-refractivity contribution in [3.05, 3.63) is 53.8 Å². The molecule has 18 heavy (non-hydrogen) atoms. The van der Waals surface area contributed by atoms with Gasteiger partial charge in [-0.15, -0.1) is 0 Å². The largest absolute Gasteiger partial charge is 0.507 e. The van der Waals surface area contributed by atoms with Crippen LogP contribution in [0.1, 0.15) is 11.3 Å². The van der Waals surface area contributed by atoms with Gasteiger partial charge in [0.15, 0.2) is 0 Å². The molecule has 0 aliphatic heterocycles. The van der Waals surface area contributed by atoms with Crippen LogP contribution in [0.5, 0.6) is 5.75 Å². The molecule has 0 atom stereocenters. The molecular weight excluding hydrogens is 224 g/mol. The van der Waals surface area contributed by atoms with E-state index in [0.29, 0.717) is 0 Å². The predicted octanol–water partition coefficient (Wildman–Crippen LogP) is 4.42. The fourth-order valence-corrected chi connectivity index (χ4v) is 2.35. The van der Waals surface area contributed by atoms with Gasteiger partial charge in [-0.05, 0) is 32.0 Å². The van der Waals surface area contributed by atoms with E-state index in [9.17, 15) is 5.11 Å². The van der Waals surface area contributed by atoms with Crippen LogP contribution in [0.25, 0.3) is 22.1 Å². The number of rotatable bonds is 1. The number of hydrogen-bond acceptors (Lipinski definition) is 2. The first-order valence-electron chi connectivity index (χ1n) is 5.95. The highest BCUT2D eigenvalue weighted by Crippen LogP contribution is 2.39. The minimum Gasteiger partial charge on any atom is -0.507 e. The molecule has 0 amide bonds. The van der Waals surface area contributed by atoms with Gasteiger partial charge in [0.1, 0.15) is 17.1 Å². The van der Waals surface area contributed by atoms with Crippen molar-refractivity contribution in [2.45, 2.75) is 13.8 Å². The highest BCUT2D eigenvalue weighted by Gasteiger charge is 2.15. The minimum atomic E-state index is 0.287. The van der Waals surface area contributed by atoms with Crippen LogP contribution in [0.4, 0.5) is 0 Å². The van der Waals surface area contributed by atoms with E-state index >= 15 is 0 Å². The van der Waals surface area contributed by atoms with E-state index in [1.807, 2.05) is 50.2 Å². The van der Waals surface area contributed by atoms with Crippen LogP contribution in [0, 0.1) is 13.8 Å². The number of fused-ring (bicyclic) bond motifs is 1. The Bertz CT molecular complexity index is 723. The molecule has 3 rings (SSSR count). The van der Waals surface area contributed by atoms with E-state index < -0.39 is 0 Å². The number of aryl methyl sites for hydroxylation is 2. The summed E-state index contributed by atoms with van der Waals surface area (Å²) in [7, 11) is 0. The Morgan fingerprint density at radius 2 is 1.78 bits per heavy atom. The topological polar surface area (TPSA) is 33.4 Å². The molecule has 0 radical (unpaired) electrons. The Labute approximate surface area is 105 Å². The molecule has 1 N–H and O–H groups in total. The highest BCUT2D eigenvalue weighted by molar-refractivity contribution is 5.97. The van der Waals surface area contributed by atoms with Crippen LogP contribution >= 0.6 is 0 Å². The van der Waals surface area contributed by atoms with Crippen LogP contribution in [-0.4, -0.2) is 5.11 Å². The molecule has 0 fully saturated rings. The second kappa shape index (κ2) is 3.91. The Morgan fingerprint density at radius 3 is 2.61 bits per heavy atom. The van der Waals surface area contributed by atoms with Crippen molar-refractivity contribution in [1.29, 1.82) is 0 Å². The fourth-order valence-electron chi connectivity index (χ4n) is 2.35. The van der Waals surface area contributed by atoms with Gasteiger partial charge in [-0.2, -0.15) is 0 Å². The van der Waals surface area contributed by atoms with Crippen LogP contribution in [-0.2, 0) is 0 Å². The second-order valence-electron chi connectivity index (χ2n) is 4.55. The molecule has 0 aliphatic carbocycles. The smallest absolute Gasteiger partial charge is 0.134 e. The molecule has 1 aromatic heterocycles. The Morgan fingerprint density at radius 1 is 1.00 bits per heavy atom. The molecule has 0 saturated heterocycles. The molecule has 2 nitrogen and oxygen atoms in total. The van der Waals surface area contributed by atoms with Crippen LogP contribution < -0.4 is 0 Å². The van der Waals surface area contributed by atoms with Gasteiger partial charge in [0.25, 0.3) is 0 Å². The lowest BCUT2D eigenvalue weighted by Gasteiger charge is -2.05. The zero-order valence-corrected chi connectivity index (χ0v) is 10.4. The summed E-state index contributed by atoms with van der Waals surface area (Å²) in [4.78, 5) is 0. The standard InChI is InChI=1S/C16H14O2/c1-10-7-8-14(17)13(9-10)16-11(2)18-15-6-4-3-5-12(15)16/h3-9,17H,1-2H3. The Hall–Kier alpha value is -2.22. The third-order valence-electron chi connectivity index (χ3n) is 3.19.